The zero-order chi connectivity index (χ0) is 27.3. The molecule has 0 aliphatic rings. The van der Waals surface area contributed by atoms with E-state index in [9.17, 15) is 13.2 Å². The molecule has 0 heterocycles. The second-order valence-electron chi connectivity index (χ2n) is 9.28. The molecule has 0 radical (unpaired) electrons. The number of anilines is 2. The summed E-state index contributed by atoms with van der Waals surface area (Å²) in [6.45, 7) is 8.40. The highest BCUT2D eigenvalue weighted by Crippen LogP contribution is 2.28. The molecule has 0 unspecified atom stereocenters. The van der Waals surface area contributed by atoms with E-state index in [-0.39, 0.29) is 17.3 Å². The fraction of sp³-hybridized carbons (Fsp3) is 0.194. The van der Waals surface area contributed by atoms with Crippen LogP contribution < -0.4 is 14.4 Å². The lowest BCUT2D eigenvalue weighted by Gasteiger charge is -2.25. The normalized spacial score (nSPS) is 11.2. The van der Waals surface area contributed by atoms with Crippen LogP contribution in [0.2, 0.25) is 0 Å². The standard InChI is InChI=1S/C31H32N2O4S/c1-5-37-29-14-12-28(13-15-29)33(38(35,36)30-16-6-22(2)7-17-30)21-25-8-10-26(11-9-25)31(34)32-27-19-23(3)18-24(4)20-27/h6-20H,5,21H2,1-4H3,(H,32,34). The van der Waals surface area contributed by atoms with E-state index in [0.717, 1.165) is 27.9 Å². The molecule has 4 aromatic carbocycles. The van der Waals surface area contributed by atoms with Gasteiger partial charge in [0.2, 0.25) is 0 Å². The smallest absolute Gasteiger partial charge is 0.264 e. The van der Waals surface area contributed by atoms with Crippen molar-refractivity contribution in [1.82, 2.24) is 0 Å². The van der Waals surface area contributed by atoms with Crippen molar-refractivity contribution in [2.75, 3.05) is 16.2 Å². The summed E-state index contributed by atoms with van der Waals surface area (Å²) in [6, 6.07) is 26.7. The van der Waals surface area contributed by atoms with Crippen LogP contribution in [0.3, 0.4) is 0 Å². The number of benzene rings is 4. The van der Waals surface area contributed by atoms with Gasteiger partial charge in [0.15, 0.2) is 0 Å². The van der Waals surface area contributed by atoms with Crippen LogP contribution in [-0.4, -0.2) is 20.9 Å². The van der Waals surface area contributed by atoms with Crippen molar-refractivity contribution in [3.63, 3.8) is 0 Å². The summed E-state index contributed by atoms with van der Waals surface area (Å²) in [7, 11) is -3.86. The van der Waals surface area contributed by atoms with Gasteiger partial charge in [-0.1, -0.05) is 35.9 Å². The van der Waals surface area contributed by atoms with Crippen LogP contribution in [0.15, 0.2) is 95.9 Å². The third kappa shape index (κ3) is 6.42. The van der Waals surface area contributed by atoms with Gasteiger partial charge in [0, 0.05) is 11.3 Å². The van der Waals surface area contributed by atoms with Crippen molar-refractivity contribution in [3.05, 3.63) is 119 Å². The largest absolute Gasteiger partial charge is 0.494 e. The van der Waals surface area contributed by atoms with Gasteiger partial charge in [-0.3, -0.25) is 9.10 Å². The Labute approximate surface area is 225 Å². The second kappa shape index (κ2) is 11.5. The average Bonchev–Trinajstić information content (AvgIpc) is 2.88. The molecule has 1 amide bonds. The van der Waals surface area contributed by atoms with E-state index in [2.05, 4.69) is 5.32 Å². The highest BCUT2D eigenvalue weighted by Gasteiger charge is 2.25. The van der Waals surface area contributed by atoms with Crippen LogP contribution in [0.25, 0.3) is 0 Å². The van der Waals surface area contributed by atoms with Crippen LogP contribution in [0, 0.1) is 20.8 Å². The van der Waals surface area contributed by atoms with Gasteiger partial charge in [-0.25, -0.2) is 8.42 Å². The predicted octanol–water partition coefficient (Wildman–Crippen LogP) is 6.66. The van der Waals surface area contributed by atoms with E-state index < -0.39 is 10.0 Å². The first kappa shape index (κ1) is 26.9. The highest BCUT2D eigenvalue weighted by molar-refractivity contribution is 7.92. The first-order valence-electron chi connectivity index (χ1n) is 12.5. The summed E-state index contributed by atoms with van der Waals surface area (Å²) in [4.78, 5) is 13.0. The molecular weight excluding hydrogens is 496 g/mol. The number of aryl methyl sites for hydroxylation is 3. The molecule has 0 saturated heterocycles. The van der Waals surface area contributed by atoms with Gasteiger partial charge in [-0.15, -0.1) is 0 Å². The Hall–Kier alpha value is -4.10. The number of carbonyl (C=O) groups excluding carboxylic acids is 1. The number of hydrogen-bond donors (Lipinski definition) is 1. The lowest BCUT2D eigenvalue weighted by molar-refractivity contribution is 0.102. The SMILES string of the molecule is CCOc1ccc(N(Cc2ccc(C(=O)Nc3cc(C)cc(C)c3)cc2)S(=O)(=O)c2ccc(C)cc2)cc1. The Morgan fingerprint density at radius 3 is 1.97 bits per heavy atom. The molecule has 0 aliphatic carbocycles. The Balaban J connectivity index is 1.60. The zero-order valence-corrected chi connectivity index (χ0v) is 22.9. The fourth-order valence-electron chi connectivity index (χ4n) is 4.21. The van der Waals surface area contributed by atoms with Crippen molar-refractivity contribution in [2.24, 2.45) is 0 Å². The monoisotopic (exact) mass is 528 g/mol. The molecule has 0 aliphatic heterocycles. The minimum Gasteiger partial charge on any atom is -0.494 e. The van der Waals surface area contributed by atoms with Gasteiger partial charge in [-0.2, -0.15) is 0 Å². The fourth-order valence-corrected chi connectivity index (χ4v) is 5.66. The minimum atomic E-state index is -3.86. The number of nitrogens with zero attached hydrogens (tertiary/aromatic N) is 1. The van der Waals surface area contributed by atoms with Gasteiger partial charge in [0.05, 0.1) is 23.7 Å². The summed E-state index contributed by atoms with van der Waals surface area (Å²) >= 11 is 0. The Morgan fingerprint density at radius 2 is 1.39 bits per heavy atom. The lowest BCUT2D eigenvalue weighted by Crippen LogP contribution is -2.30. The molecule has 0 spiro atoms. The van der Waals surface area contributed by atoms with E-state index in [4.69, 9.17) is 4.74 Å². The molecule has 1 N–H and O–H groups in total. The topological polar surface area (TPSA) is 75.7 Å². The summed E-state index contributed by atoms with van der Waals surface area (Å²) in [6.07, 6.45) is 0. The van der Waals surface area contributed by atoms with Crippen LogP contribution in [0.1, 0.15) is 39.5 Å². The molecule has 6 nitrogen and oxygen atoms in total. The molecule has 4 aromatic rings. The van der Waals surface area contributed by atoms with Crippen LogP contribution >= 0.6 is 0 Å². The molecule has 38 heavy (non-hydrogen) atoms. The molecule has 0 aromatic heterocycles. The maximum absolute atomic E-state index is 13.7. The Kier molecular flexibility index (Phi) is 8.17. The maximum Gasteiger partial charge on any atom is 0.264 e. The molecule has 0 fully saturated rings. The van der Waals surface area contributed by atoms with Gasteiger partial charge in [0.25, 0.3) is 15.9 Å². The average molecular weight is 529 g/mol. The third-order valence-corrected chi connectivity index (χ3v) is 7.85. The number of rotatable bonds is 9. The summed E-state index contributed by atoms with van der Waals surface area (Å²) in [5.41, 5.74) is 5.61. The lowest BCUT2D eigenvalue weighted by atomic mass is 10.1. The van der Waals surface area contributed by atoms with Crippen molar-refractivity contribution in [3.8, 4) is 5.75 Å². The molecule has 7 heteroatoms. The van der Waals surface area contributed by atoms with Crippen molar-refractivity contribution >= 4 is 27.3 Å². The highest BCUT2D eigenvalue weighted by atomic mass is 32.2. The molecule has 0 atom stereocenters. The summed E-state index contributed by atoms with van der Waals surface area (Å²) in [5.74, 6) is 0.445. The minimum absolute atomic E-state index is 0.100. The first-order valence-corrected chi connectivity index (χ1v) is 13.9. The number of nitrogens with one attached hydrogen (secondary N) is 1. The number of amides is 1. The van der Waals surface area contributed by atoms with E-state index in [1.165, 1.54) is 4.31 Å². The predicted molar refractivity (Wildman–Crippen MR) is 152 cm³/mol. The van der Waals surface area contributed by atoms with Crippen molar-refractivity contribution < 1.29 is 17.9 Å². The van der Waals surface area contributed by atoms with E-state index in [1.54, 1.807) is 72.8 Å². The Bertz CT molecular complexity index is 1490. The van der Waals surface area contributed by atoms with Gasteiger partial charge < -0.3 is 10.1 Å². The van der Waals surface area contributed by atoms with Crippen LogP contribution in [0.4, 0.5) is 11.4 Å². The number of carbonyl (C=O) groups is 1. The van der Waals surface area contributed by atoms with Gasteiger partial charge in [-0.05, 0) is 105 Å². The molecule has 196 valence electrons. The number of hydrogen-bond acceptors (Lipinski definition) is 4. The quantitative estimate of drug-likeness (QED) is 0.264. The van der Waals surface area contributed by atoms with Gasteiger partial charge in [0.1, 0.15) is 5.75 Å². The molecule has 4 rings (SSSR count). The molecule has 0 bridgehead atoms. The van der Waals surface area contributed by atoms with Crippen LogP contribution in [-0.2, 0) is 16.6 Å². The number of ether oxygens (including phenoxy) is 1. The van der Waals surface area contributed by atoms with Crippen molar-refractivity contribution in [1.29, 1.82) is 0 Å². The van der Waals surface area contributed by atoms with E-state index in [1.807, 2.05) is 45.9 Å². The Morgan fingerprint density at radius 1 is 0.789 bits per heavy atom. The van der Waals surface area contributed by atoms with Gasteiger partial charge >= 0.3 is 0 Å². The third-order valence-electron chi connectivity index (χ3n) is 6.07. The van der Waals surface area contributed by atoms with E-state index >= 15 is 0 Å². The summed E-state index contributed by atoms with van der Waals surface area (Å²) < 4.78 is 34.3. The van der Waals surface area contributed by atoms with Crippen LogP contribution in [0.5, 0.6) is 5.75 Å². The zero-order valence-electron chi connectivity index (χ0n) is 22.1. The number of sulfonamides is 1. The maximum atomic E-state index is 13.7. The van der Waals surface area contributed by atoms with Crippen molar-refractivity contribution in [2.45, 2.75) is 39.1 Å². The second-order valence-corrected chi connectivity index (χ2v) is 11.1. The molecule has 0 saturated carbocycles. The molecular formula is C31H32N2O4S. The summed E-state index contributed by atoms with van der Waals surface area (Å²) in [5, 5.41) is 2.93. The van der Waals surface area contributed by atoms with E-state index in [0.29, 0.717) is 23.6 Å². The first-order chi connectivity index (χ1) is 18.2.